The number of carbonyl (C=O) groups excluding carboxylic acids is 1. The fourth-order valence-electron chi connectivity index (χ4n) is 3.36. The number of hydrogen-bond acceptors (Lipinski definition) is 5. The van der Waals surface area contributed by atoms with Gasteiger partial charge in [-0.25, -0.2) is 9.18 Å². The van der Waals surface area contributed by atoms with E-state index < -0.39 is 11.9 Å². The molecule has 0 amide bonds. The van der Waals surface area contributed by atoms with Crippen molar-refractivity contribution in [2.45, 2.75) is 0 Å². The van der Waals surface area contributed by atoms with Crippen molar-refractivity contribution in [2.24, 2.45) is 0 Å². The zero-order chi connectivity index (χ0) is 22.4. The maximum atomic E-state index is 13.9. The van der Waals surface area contributed by atoms with Crippen molar-refractivity contribution in [1.29, 1.82) is 0 Å². The van der Waals surface area contributed by atoms with Crippen molar-refractivity contribution in [3.8, 4) is 11.5 Å². The molecule has 0 aromatic heterocycles. The van der Waals surface area contributed by atoms with Crippen molar-refractivity contribution in [3.05, 3.63) is 71.6 Å². The lowest BCUT2D eigenvalue weighted by Crippen LogP contribution is -3.11. The minimum Gasteiger partial charge on any atom is -0.545 e. The first-order valence-corrected chi connectivity index (χ1v) is 9.80. The predicted octanol–water partition coefficient (Wildman–Crippen LogP) is 0.637. The lowest BCUT2D eigenvalue weighted by atomic mass is 10.1. The molecular formula is C23H23FN2O5. The van der Waals surface area contributed by atoms with E-state index in [1.54, 1.807) is 12.1 Å². The number of carboxylic acid groups (broad SMARTS) is 2. The first kappa shape index (κ1) is 22.0. The fourth-order valence-corrected chi connectivity index (χ4v) is 3.36. The number of nitrogens with one attached hydrogen (secondary N) is 1. The van der Waals surface area contributed by atoms with Gasteiger partial charge < -0.3 is 29.5 Å². The van der Waals surface area contributed by atoms with Crippen LogP contribution in [0.25, 0.3) is 11.8 Å². The Morgan fingerprint density at radius 3 is 2.48 bits per heavy atom. The fraction of sp³-hybridized carbons (Fsp3) is 0.217. The average molecular weight is 426 g/mol. The molecule has 1 fully saturated rings. The molecule has 0 bridgehead atoms. The van der Waals surface area contributed by atoms with Crippen molar-refractivity contribution >= 4 is 23.7 Å². The number of piperazine rings is 1. The molecular weight excluding hydrogens is 403 g/mol. The van der Waals surface area contributed by atoms with E-state index in [4.69, 9.17) is 9.84 Å². The highest BCUT2D eigenvalue weighted by atomic mass is 19.1. The normalized spacial score (nSPS) is 15.5. The Hall–Kier alpha value is -3.65. The molecule has 0 spiro atoms. The quantitative estimate of drug-likeness (QED) is 0.700. The van der Waals surface area contributed by atoms with Crippen LogP contribution in [0.2, 0.25) is 0 Å². The molecule has 0 unspecified atom stereocenters. The maximum Gasteiger partial charge on any atom is 0.328 e. The van der Waals surface area contributed by atoms with Gasteiger partial charge in [-0.2, -0.15) is 0 Å². The van der Waals surface area contributed by atoms with Gasteiger partial charge in [0.15, 0.2) is 0 Å². The minimum atomic E-state index is -1.51. The number of benzene rings is 2. The van der Waals surface area contributed by atoms with Gasteiger partial charge in [0.25, 0.3) is 0 Å². The van der Waals surface area contributed by atoms with Crippen LogP contribution in [0.4, 0.5) is 4.39 Å². The number of aliphatic carboxylic acids is 2. The number of ether oxygens (including phenoxy) is 1. The molecule has 2 aliphatic heterocycles. The zero-order valence-corrected chi connectivity index (χ0v) is 17.0. The SMILES string of the molecule is C[NH+]1CCN(C2=Cc3ccccc3Oc3ccc(F)cc32)CC1.O=C([O-])/C=C\C(=O)O. The number of quaternary nitrogens is 1. The van der Waals surface area contributed by atoms with Crippen LogP contribution in [0.1, 0.15) is 11.1 Å². The second kappa shape index (κ2) is 9.90. The molecule has 4 rings (SSSR count). The van der Waals surface area contributed by atoms with Crippen molar-refractivity contribution < 1.29 is 33.8 Å². The number of likely N-dealkylation sites (N-methyl/N-ethyl adjacent to an activating group) is 1. The van der Waals surface area contributed by atoms with Gasteiger partial charge in [0, 0.05) is 22.9 Å². The molecule has 0 aliphatic carbocycles. The van der Waals surface area contributed by atoms with Crippen LogP contribution in [-0.2, 0) is 9.59 Å². The van der Waals surface area contributed by atoms with Crippen LogP contribution in [0.15, 0.2) is 54.6 Å². The minimum absolute atomic E-state index is 0.232. The third-order valence-electron chi connectivity index (χ3n) is 4.97. The summed E-state index contributed by atoms with van der Waals surface area (Å²) in [5.41, 5.74) is 2.92. The number of halogens is 1. The summed E-state index contributed by atoms with van der Waals surface area (Å²) in [6, 6.07) is 12.7. The average Bonchev–Trinajstić information content (AvgIpc) is 2.90. The van der Waals surface area contributed by atoms with E-state index in [1.165, 1.54) is 11.0 Å². The Labute approximate surface area is 179 Å². The number of para-hydroxylation sites is 1. The van der Waals surface area contributed by atoms with E-state index in [2.05, 4.69) is 18.0 Å². The Bertz CT molecular complexity index is 1010. The van der Waals surface area contributed by atoms with Gasteiger partial charge in [-0.1, -0.05) is 18.2 Å². The molecule has 8 heteroatoms. The van der Waals surface area contributed by atoms with Gasteiger partial charge >= 0.3 is 5.97 Å². The second-order valence-electron chi connectivity index (χ2n) is 7.24. The Morgan fingerprint density at radius 1 is 1.13 bits per heavy atom. The van der Waals surface area contributed by atoms with Crippen LogP contribution in [0.3, 0.4) is 0 Å². The molecule has 0 atom stereocenters. The van der Waals surface area contributed by atoms with Crippen LogP contribution in [0, 0.1) is 5.82 Å². The van der Waals surface area contributed by atoms with E-state index in [0.717, 1.165) is 48.8 Å². The molecule has 2 N–H and O–H groups in total. The Balaban J connectivity index is 0.000000293. The topological polar surface area (TPSA) is 94.3 Å². The molecule has 2 heterocycles. The molecule has 1 saturated heterocycles. The van der Waals surface area contributed by atoms with E-state index in [9.17, 15) is 19.1 Å². The lowest BCUT2D eigenvalue weighted by molar-refractivity contribution is -0.883. The summed E-state index contributed by atoms with van der Waals surface area (Å²) in [6.45, 7) is 4.11. The van der Waals surface area contributed by atoms with Crippen LogP contribution < -0.4 is 14.7 Å². The number of hydrogen-bond donors (Lipinski definition) is 2. The van der Waals surface area contributed by atoms with E-state index >= 15 is 0 Å². The summed E-state index contributed by atoms with van der Waals surface area (Å²) in [4.78, 5) is 22.8. The lowest BCUT2D eigenvalue weighted by Gasteiger charge is -2.33. The first-order chi connectivity index (χ1) is 14.8. The van der Waals surface area contributed by atoms with E-state index in [0.29, 0.717) is 17.9 Å². The monoisotopic (exact) mass is 426 g/mol. The number of carboxylic acids is 2. The third-order valence-corrected chi connectivity index (χ3v) is 4.97. The summed E-state index contributed by atoms with van der Waals surface area (Å²) < 4.78 is 19.9. The van der Waals surface area contributed by atoms with Gasteiger partial charge in [0.1, 0.15) is 17.3 Å². The van der Waals surface area contributed by atoms with E-state index in [1.807, 2.05) is 24.3 Å². The van der Waals surface area contributed by atoms with Crippen LogP contribution in [-0.4, -0.2) is 55.2 Å². The van der Waals surface area contributed by atoms with Crippen molar-refractivity contribution in [2.75, 3.05) is 33.2 Å². The van der Waals surface area contributed by atoms with Gasteiger partial charge in [-0.05, 0) is 36.4 Å². The summed E-state index contributed by atoms with van der Waals surface area (Å²) >= 11 is 0. The molecule has 2 aromatic rings. The van der Waals surface area contributed by atoms with Crippen molar-refractivity contribution in [1.82, 2.24) is 4.90 Å². The predicted molar refractivity (Wildman–Crippen MR) is 111 cm³/mol. The molecule has 162 valence electrons. The molecule has 0 saturated carbocycles. The van der Waals surface area contributed by atoms with Crippen LogP contribution >= 0.6 is 0 Å². The number of carbonyl (C=O) groups is 2. The highest BCUT2D eigenvalue weighted by Crippen LogP contribution is 2.39. The number of rotatable bonds is 3. The first-order valence-electron chi connectivity index (χ1n) is 9.80. The Morgan fingerprint density at radius 2 is 1.84 bits per heavy atom. The summed E-state index contributed by atoms with van der Waals surface area (Å²) in [7, 11) is 2.21. The summed E-state index contributed by atoms with van der Waals surface area (Å²) in [5.74, 6) is -1.51. The highest BCUT2D eigenvalue weighted by Gasteiger charge is 2.25. The summed E-state index contributed by atoms with van der Waals surface area (Å²) in [6.07, 6.45) is 3.07. The molecule has 31 heavy (non-hydrogen) atoms. The highest BCUT2D eigenvalue weighted by molar-refractivity contribution is 5.88. The maximum absolute atomic E-state index is 13.9. The molecule has 2 aromatic carbocycles. The number of nitrogens with zero attached hydrogens (tertiary/aromatic N) is 1. The molecule has 2 aliphatic rings. The zero-order valence-electron chi connectivity index (χ0n) is 17.0. The van der Waals surface area contributed by atoms with Crippen LogP contribution in [0.5, 0.6) is 11.5 Å². The van der Waals surface area contributed by atoms with Gasteiger partial charge in [-0.3, -0.25) is 0 Å². The second-order valence-corrected chi connectivity index (χ2v) is 7.24. The number of fused-ring (bicyclic) bond motifs is 2. The van der Waals surface area contributed by atoms with Crippen molar-refractivity contribution in [3.63, 3.8) is 0 Å². The van der Waals surface area contributed by atoms with Gasteiger partial charge in [0.05, 0.1) is 39.2 Å². The standard InChI is InChI=1S/C19H19FN2O.C4H4O4/c1-21-8-10-22(11-9-21)17-12-14-4-2-3-5-18(14)23-19-7-6-15(20)13-16(17)19;5-3(6)1-2-4(7)8/h2-7,12-13H,8-11H2,1H3;1-2H,(H,5,6)(H,7,8)/b;2-1-. The smallest absolute Gasteiger partial charge is 0.328 e. The van der Waals surface area contributed by atoms with E-state index in [-0.39, 0.29) is 5.82 Å². The summed E-state index contributed by atoms with van der Waals surface area (Å²) in [5, 5.41) is 17.2. The third kappa shape index (κ3) is 5.93. The Kier molecular flexibility index (Phi) is 7.04. The van der Waals surface area contributed by atoms with Gasteiger partial charge in [0.2, 0.25) is 0 Å². The molecule has 7 nitrogen and oxygen atoms in total. The van der Waals surface area contributed by atoms with Gasteiger partial charge in [-0.15, -0.1) is 0 Å². The molecule has 0 radical (unpaired) electrons. The largest absolute Gasteiger partial charge is 0.545 e.